The van der Waals surface area contributed by atoms with E-state index in [0.29, 0.717) is 17.9 Å². The van der Waals surface area contributed by atoms with Gasteiger partial charge in [-0.2, -0.15) is 0 Å². The van der Waals surface area contributed by atoms with Crippen molar-refractivity contribution < 1.29 is 22.7 Å². The third-order valence-corrected chi connectivity index (χ3v) is 9.80. The van der Waals surface area contributed by atoms with Crippen LogP contribution in [0.5, 0.6) is 11.5 Å². The minimum atomic E-state index is -4.06. The fourth-order valence-electron chi connectivity index (χ4n) is 5.47. The summed E-state index contributed by atoms with van der Waals surface area (Å²) in [7, 11) is -2.53. The standard InChI is InChI=1S/C34H36N2O5S/c1-4-34(5-2)23-30(28-15-10-12-18-32(28)41-34)35-33(37)29-16-9-11-17-31(29)36(24-25-13-7-6-8-14-25)42(38,39)27-21-19-26(40-3)20-22-27/h6-22,30H,4-5,23-24H2,1-3H3,(H,35,37). The molecular weight excluding hydrogens is 548 g/mol. The van der Waals surface area contributed by atoms with Crippen LogP contribution in [0.15, 0.2) is 108 Å². The molecule has 1 atom stereocenters. The van der Waals surface area contributed by atoms with E-state index in [-0.39, 0.29) is 29.0 Å². The summed E-state index contributed by atoms with van der Waals surface area (Å²) in [6, 6.07) is 29.9. The van der Waals surface area contributed by atoms with Gasteiger partial charge >= 0.3 is 0 Å². The predicted octanol–water partition coefficient (Wildman–Crippen LogP) is 6.90. The van der Waals surface area contributed by atoms with Crippen LogP contribution in [-0.2, 0) is 16.6 Å². The Balaban J connectivity index is 1.55. The highest BCUT2D eigenvalue weighted by molar-refractivity contribution is 7.92. The van der Waals surface area contributed by atoms with Gasteiger partial charge < -0.3 is 14.8 Å². The van der Waals surface area contributed by atoms with Crippen LogP contribution in [0.3, 0.4) is 0 Å². The first-order valence-corrected chi connectivity index (χ1v) is 15.6. The Morgan fingerprint density at radius 1 is 0.905 bits per heavy atom. The lowest BCUT2D eigenvalue weighted by Gasteiger charge is -2.41. The molecule has 0 saturated carbocycles. The summed E-state index contributed by atoms with van der Waals surface area (Å²) >= 11 is 0. The molecule has 5 rings (SSSR count). The van der Waals surface area contributed by atoms with Gasteiger partial charge in [0.2, 0.25) is 0 Å². The van der Waals surface area contributed by atoms with Gasteiger partial charge in [-0.1, -0.05) is 74.5 Å². The fraction of sp³-hybridized carbons (Fsp3) is 0.265. The first kappa shape index (κ1) is 29.2. The molecule has 8 heteroatoms. The molecule has 1 N–H and O–H groups in total. The molecule has 0 fully saturated rings. The summed E-state index contributed by atoms with van der Waals surface area (Å²) in [5, 5.41) is 3.22. The molecule has 4 aromatic rings. The van der Waals surface area contributed by atoms with Crippen molar-refractivity contribution in [1.82, 2.24) is 5.32 Å². The number of sulfonamides is 1. The second-order valence-electron chi connectivity index (χ2n) is 10.5. The number of hydrogen-bond donors (Lipinski definition) is 1. The van der Waals surface area contributed by atoms with Crippen molar-refractivity contribution in [2.75, 3.05) is 11.4 Å². The minimum Gasteiger partial charge on any atom is -0.497 e. The largest absolute Gasteiger partial charge is 0.497 e. The van der Waals surface area contributed by atoms with E-state index in [1.165, 1.54) is 23.5 Å². The van der Waals surface area contributed by atoms with Gasteiger partial charge in [-0.05, 0) is 60.9 Å². The molecule has 0 saturated heterocycles. The number of rotatable bonds is 10. The van der Waals surface area contributed by atoms with E-state index in [4.69, 9.17) is 9.47 Å². The first-order chi connectivity index (χ1) is 20.3. The average Bonchev–Trinajstić information content (AvgIpc) is 3.04. The van der Waals surface area contributed by atoms with E-state index in [1.807, 2.05) is 54.6 Å². The Bertz CT molecular complexity index is 1630. The smallest absolute Gasteiger partial charge is 0.264 e. The normalized spacial score (nSPS) is 15.6. The molecule has 42 heavy (non-hydrogen) atoms. The topological polar surface area (TPSA) is 84.9 Å². The number of methoxy groups -OCH3 is 1. The third-order valence-electron chi connectivity index (χ3n) is 8.02. The van der Waals surface area contributed by atoms with E-state index in [2.05, 4.69) is 19.2 Å². The maximum Gasteiger partial charge on any atom is 0.264 e. The molecule has 1 amide bonds. The van der Waals surface area contributed by atoms with E-state index in [0.717, 1.165) is 29.7 Å². The van der Waals surface area contributed by atoms with Crippen LogP contribution >= 0.6 is 0 Å². The van der Waals surface area contributed by atoms with Crippen molar-refractivity contribution in [2.24, 2.45) is 0 Å². The number of carbonyl (C=O) groups excluding carboxylic acids is 1. The predicted molar refractivity (Wildman–Crippen MR) is 164 cm³/mol. The molecule has 0 spiro atoms. The summed E-state index contributed by atoms with van der Waals surface area (Å²) < 4.78 is 41.3. The Morgan fingerprint density at radius 3 is 2.24 bits per heavy atom. The molecule has 0 radical (unpaired) electrons. The van der Waals surface area contributed by atoms with Crippen molar-refractivity contribution in [3.63, 3.8) is 0 Å². The van der Waals surface area contributed by atoms with Gasteiger partial charge in [-0.15, -0.1) is 0 Å². The molecule has 0 aliphatic carbocycles. The number of benzene rings is 4. The number of fused-ring (bicyclic) bond motifs is 1. The maximum absolute atomic E-state index is 14.2. The number of nitrogens with zero attached hydrogens (tertiary/aromatic N) is 1. The molecule has 0 aromatic heterocycles. The van der Waals surface area contributed by atoms with Crippen molar-refractivity contribution in [3.8, 4) is 11.5 Å². The number of para-hydroxylation sites is 2. The van der Waals surface area contributed by atoms with Crippen LogP contribution in [0.2, 0.25) is 0 Å². The molecule has 1 unspecified atom stereocenters. The highest BCUT2D eigenvalue weighted by atomic mass is 32.2. The Labute approximate surface area is 248 Å². The average molecular weight is 585 g/mol. The number of carbonyl (C=O) groups is 1. The lowest BCUT2D eigenvalue weighted by Crippen LogP contribution is -2.44. The summed E-state index contributed by atoms with van der Waals surface area (Å²) in [6.07, 6.45) is 2.21. The van der Waals surface area contributed by atoms with Crippen molar-refractivity contribution in [2.45, 2.75) is 56.2 Å². The van der Waals surface area contributed by atoms with E-state index >= 15 is 0 Å². The van der Waals surface area contributed by atoms with E-state index in [9.17, 15) is 13.2 Å². The summed E-state index contributed by atoms with van der Waals surface area (Å²) in [5.41, 5.74) is 1.87. The molecule has 1 heterocycles. The zero-order chi connectivity index (χ0) is 29.7. The van der Waals surface area contributed by atoms with Crippen molar-refractivity contribution in [1.29, 1.82) is 0 Å². The molecule has 7 nitrogen and oxygen atoms in total. The molecule has 0 bridgehead atoms. The van der Waals surface area contributed by atoms with Crippen LogP contribution in [0.25, 0.3) is 0 Å². The highest BCUT2D eigenvalue weighted by Gasteiger charge is 2.39. The monoisotopic (exact) mass is 584 g/mol. The lowest BCUT2D eigenvalue weighted by atomic mass is 9.83. The Kier molecular flexibility index (Phi) is 8.54. The lowest BCUT2D eigenvalue weighted by molar-refractivity contribution is 0.0227. The summed E-state index contributed by atoms with van der Waals surface area (Å²) in [4.78, 5) is 14.1. The first-order valence-electron chi connectivity index (χ1n) is 14.2. The molecule has 4 aromatic carbocycles. The number of hydrogen-bond acceptors (Lipinski definition) is 5. The molecule has 218 valence electrons. The number of anilines is 1. The molecule has 1 aliphatic heterocycles. The van der Waals surface area contributed by atoms with Crippen LogP contribution in [0.1, 0.15) is 60.6 Å². The van der Waals surface area contributed by atoms with E-state index in [1.54, 1.807) is 36.4 Å². The second kappa shape index (κ2) is 12.3. The Morgan fingerprint density at radius 2 is 1.55 bits per heavy atom. The van der Waals surface area contributed by atoms with Gasteiger partial charge in [-0.25, -0.2) is 8.42 Å². The van der Waals surface area contributed by atoms with Gasteiger partial charge in [0.1, 0.15) is 17.1 Å². The number of nitrogens with one attached hydrogen (secondary N) is 1. The SMILES string of the molecule is CCC1(CC)CC(NC(=O)c2ccccc2N(Cc2ccccc2)S(=O)(=O)c2ccc(OC)cc2)c2ccccc2O1. The van der Waals surface area contributed by atoms with Crippen LogP contribution in [0, 0.1) is 0 Å². The quantitative estimate of drug-likeness (QED) is 0.219. The summed E-state index contributed by atoms with van der Waals surface area (Å²) in [5.74, 6) is 0.963. The Hall–Kier alpha value is -4.30. The van der Waals surface area contributed by atoms with E-state index < -0.39 is 15.6 Å². The summed E-state index contributed by atoms with van der Waals surface area (Å²) in [6.45, 7) is 4.24. The minimum absolute atomic E-state index is 0.0500. The fourth-order valence-corrected chi connectivity index (χ4v) is 6.94. The van der Waals surface area contributed by atoms with Crippen LogP contribution < -0.4 is 19.1 Å². The van der Waals surface area contributed by atoms with Gasteiger partial charge in [0.15, 0.2) is 0 Å². The van der Waals surface area contributed by atoms with Crippen LogP contribution in [-0.4, -0.2) is 27.0 Å². The van der Waals surface area contributed by atoms with Gasteiger partial charge in [0.25, 0.3) is 15.9 Å². The van der Waals surface area contributed by atoms with Gasteiger partial charge in [-0.3, -0.25) is 9.10 Å². The maximum atomic E-state index is 14.2. The number of ether oxygens (including phenoxy) is 2. The number of amides is 1. The zero-order valence-electron chi connectivity index (χ0n) is 24.1. The highest BCUT2D eigenvalue weighted by Crippen LogP contribution is 2.43. The van der Waals surface area contributed by atoms with Crippen molar-refractivity contribution >= 4 is 21.6 Å². The van der Waals surface area contributed by atoms with Gasteiger partial charge in [0.05, 0.1) is 35.8 Å². The molecule has 1 aliphatic rings. The molecular formula is C34H36N2O5S. The zero-order valence-corrected chi connectivity index (χ0v) is 24.9. The van der Waals surface area contributed by atoms with Crippen LogP contribution in [0.4, 0.5) is 5.69 Å². The van der Waals surface area contributed by atoms with Crippen molar-refractivity contribution in [3.05, 3.63) is 120 Å². The van der Waals surface area contributed by atoms with Gasteiger partial charge in [0, 0.05) is 12.0 Å². The second-order valence-corrected chi connectivity index (χ2v) is 12.3. The third kappa shape index (κ3) is 5.85.